The SMILES string of the molecule is COCCN(CCCCC(C)=O)CCOC. The summed E-state index contributed by atoms with van der Waals surface area (Å²) in [6.07, 6.45) is 2.74. The van der Waals surface area contributed by atoms with E-state index in [9.17, 15) is 4.79 Å². The van der Waals surface area contributed by atoms with Gasteiger partial charge in [0.2, 0.25) is 0 Å². The first-order valence-electron chi connectivity index (χ1n) is 5.90. The smallest absolute Gasteiger partial charge is 0.129 e. The summed E-state index contributed by atoms with van der Waals surface area (Å²) in [5, 5.41) is 0. The second-order valence-electron chi connectivity index (χ2n) is 3.99. The Balaban J connectivity index is 3.59. The van der Waals surface area contributed by atoms with Crippen molar-refractivity contribution in [2.24, 2.45) is 0 Å². The number of methoxy groups -OCH3 is 2. The van der Waals surface area contributed by atoms with Crippen molar-refractivity contribution in [1.82, 2.24) is 4.90 Å². The number of rotatable bonds is 11. The number of Topliss-reactive ketones (excluding diaryl/α,β-unsaturated/α-hetero) is 1. The minimum Gasteiger partial charge on any atom is -0.383 e. The number of hydrogen-bond acceptors (Lipinski definition) is 4. The molecule has 0 N–H and O–H groups in total. The Bertz CT molecular complexity index is 166. The molecule has 0 aliphatic rings. The zero-order valence-electron chi connectivity index (χ0n) is 10.8. The van der Waals surface area contributed by atoms with Gasteiger partial charge in [0.25, 0.3) is 0 Å². The van der Waals surface area contributed by atoms with E-state index in [0.29, 0.717) is 6.42 Å². The fourth-order valence-electron chi connectivity index (χ4n) is 1.49. The van der Waals surface area contributed by atoms with Gasteiger partial charge in [0.05, 0.1) is 13.2 Å². The Kier molecular flexibility index (Phi) is 10.7. The number of nitrogens with zero attached hydrogens (tertiary/aromatic N) is 1. The van der Waals surface area contributed by atoms with Gasteiger partial charge in [0, 0.05) is 33.7 Å². The Morgan fingerprint density at radius 3 is 2.00 bits per heavy atom. The van der Waals surface area contributed by atoms with Crippen LogP contribution in [0.25, 0.3) is 0 Å². The minimum atomic E-state index is 0.278. The van der Waals surface area contributed by atoms with Crippen LogP contribution in [-0.4, -0.2) is 57.8 Å². The minimum absolute atomic E-state index is 0.278. The van der Waals surface area contributed by atoms with Crippen LogP contribution in [-0.2, 0) is 14.3 Å². The van der Waals surface area contributed by atoms with E-state index >= 15 is 0 Å². The summed E-state index contributed by atoms with van der Waals surface area (Å²) in [6, 6.07) is 0. The average Bonchev–Trinajstić information content (AvgIpc) is 2.26. The lowest BCUT2D eigenvalue weighted by Gasteiger charge is -2.21. The fraction of sp³-hybridized carbons (Fsp3) is 0.917. The molecule has 0 aliphatic carbocycles. The topological polar surface area (TPSA) is 38.8 Å². The molecule has 4 heteroatoms. The van der Waals surface area contributed by atoms with Gasteiger partial charge in [-0.2, -0.15) is 0 Å². The van der Waals surface area contributed by atoms with Crippen molar-refractivity contribution >= 4 is 5.78 Å². The number of ether oxygens (including phenoxy) is 2. The van der Waals surface area contributed by atoms with Crippen LogP contribution in [0, 0.1) is 0 Å². The molecule has 0 spiro atoms. The zero-order valence-corrected chi connectivity index (χ0v) is 10.8. The summed E-state index contributed by atoms with van der Waals surface area (Å²) in [5.41, 5.74) is 0. The highest BCUT2D eigenvalue weighted by molar-refractivity contribution is 5.75. The molecule has 0 atom stereocenters. The number of ketones is 1. The summed E-state index contributed by atoms with van der Waals surface area (Å²) in [5.74, 6) is 0.278. The molecule has 0 fully saturated rings. The molecule has 0 bridgehead atoms. The molecule has 0 aromatic rings. The summed E-state index contributed by atoms with van der Waals surface area (Å²) in [6.45, 7) is 6.01. The van der Waals surface area contributed by atoms with Crippen LogP contribution < -0.4 is 0 Å². The Morgan fingerprint density at radius 1 is 1.00 bits per heavy atom. The largest absolute Gasteiger partial charge is 0.383 e. The third-order valence-corrected chi connectivity index (χ3v) is 2.48. The maximum Gasteiger partial charge on any atom is 0.129 e. The van der Waals surface area contributed by atoms with Gasteiger partial charge in [-0.1, -0.05) is 0 Å². The van der Waals surface area contributed by atoms with E-state index in [2.05, 4.69) is 4.90 Å². The van der Waals surface area contributed by atoms with Crippen molar-refractivity contribution in [2.75, 3.05) is 47.1 Å². The quantitative estimate of drug-likeness (QED) is 0.503. The van der Waals surface area contributed by atoms with Crippen LogP contribution in [0.5, 0.6) is 0 Å². The van der Waals surface area contributed by atoms with E-state index in [1.54, 1.807) is 21.1 Å². The van der Waals surface area contributed by atoms with Crippen LogP contribution in [0.15, 0.2) is 0 Å². The van der Waals surface area contributed by atoms with Crippen molar-refractivity contribution in [3.63, 3.8) is 0 Å². The number of unbranched alkanes of at least 4 members (excludes halogenated alkanes) is 1. The van der Waals surface area contributed by atoms with Gasteiger partial charge < -0.3 is 14.3 Å². The van der Waals surface area contributed by atoms with E-state index in [1.165, 1.54) is 0 Å². The van der Waals surface area contributed by atoms with Gasteiger partial charge in [-0.3, -0.25) is 4.90 Å². The molecule has 0 aromatic heterocycles. The molecular formula is C12H25NO3. The molecule has 96 valence electrons. The first kappa shape index (κ1) is 15.6. The summed E-state index contributed by atoms with van der Waals surface area (Å²) >= 11 is 0. The van der Waals surface area contributed by atoms with E-state index in [0.717, 1.165) is 45.7 Å². The van der Waals surface area contributed by atoms with Crippen LogP contribution in [0.3, 0.4) is 0 Å². The Labute approximate surface area is 98.9 Å². The van der Waals surface area contributed by atoms with Crippen molar-refractivity contribution in [3.8, 4) is 0 Å². The first-order chi connectivity index (χ1) is 7.70. The molecular weight excluding hydrogens is 206 g/mol. The normalized spacial score (nSPS) is 11.0. The molecule has 0 amide bonds. The van der Waals surface area contributed by atoms with Crippen molar-refractivity contribution < 1.29 is 14.3 Å². The predicted octanol–water partition coefficient (Wildman–Crippen LogP) is 1.34. The van der Waals surface area contributed by atoms with Crippen LogP contribution in [0.1, 0.15) is 26.2 Å². The van der Waals surface area contributed by atoms with Gasteiger partial charge in [-0.25, -0.2) is 0 Å². The third-order valence-electron chi connectivity index (χ3n) is 2.48. The van der Waals surface area contributed by atoms with E-state index in [-0.39, 0.29) is 5.78 Å². The molecule has 0 heterocycles. The van der Waals surface area contributed by atoms with Crippen LogP contribution >= 0.6 is 0 Å². The van der Waals surface area contributed by atoms with Crippen LogP contribution in [0.4, 0.5) is 0 Å². The monoisotopic (exact) mass is 231 g/mol. The highest BCUT2D eigenvalue weighted by atomic mass is 16.5. The van der Waals surface area contributed by atoms with Gasteiger partial charge >= 0.3 is 0 Å². The Hall–Kier alpha value is -0.450. The molecule has 0 unspecified atom stereocenters. The predicted molar refractivity (Wildman–Crippen MR) is 64.7 cm³/mol. The van der Waals surface area contributed by atoms with Gasteiger partial charge in [0.15, 0.2) is 0 Å². The highest BCUT2D eigenvalue weighted by Crippen LogP contribution is 1.99. The molecule has 4 nitrogen and oxygen atoms in total. The van der Waals surface area contributed by atoms with Crippen molar-refractivity contribution in [1.29, 1.82) is 0 Å². The number of hydrogen-bond donors (Lipinski definition) is 0. The molecule has 0 aromatic carbocycles. The lowest BCUT2D eigenvalue weighted by molar-refractivity contribution is -0.117. The van der Waals surface area contributed by atoms with Crippen molar-refractivity contribution in [3.05, 3.63) is 0 Å². The number of carbonyl (C=O) groups is 1. The maximum absolute atomic E-state index is 10.8. The van der Waals surface area contributed by atoms with Gasteiger partial charge in [-0.05, 0) is 26.3 Å². The van der Waals surface area contributed by atoms with E-state index in [1.807, 2.05) is 0 Å². The lowest BCUT2D eigenvalue weighted by Crippen LogP contribution is -2.31. The van der Waals surface area contributed by atoms with E-state index < -0.39 is 0 Å². The second kappa shape index (κ2) is 11.0. The molecule has 0 aliphatic heterocycles. The number of carbonyl (C=O) groups excluding carboxylic acids is 1. The first-order valence-corrected chi connectivity index (χ1v) is 5.90. The molecule has 0 saturated heterocycles. The zero-order chi connectivity index (χ0) is 12.2. The Morgan fingerprint density at radius 2 is 1.56 bits per heavy atom. The molecule has 16 heavy (non-hydrogen) atoms. The van der Waals surface area contributed by atoms with Crippen LogP contribution in [0.2, 0.25) is 0 Å². The fourth-order valence-corrected chi connectivity index (χ4v) is 1.49. The summed E-state index contributed by atoms with van der Waals surface area (Å²) in [4.78, 5) is 13.1. The standard InChI is InChI=1S/C12H25NO3/c1-12(14)6-4-5-7-13(8-10-15-2)9-11-16-3/h4-11H2,1-3H3. The molecule has 0 radical (unpaired) electrons. The van der Waals surface area contributed by atoms with Gasteiger partial charge in [0.1, 0.15) is 5.78 Å². The summed E-state index contributed by atoms with van der Waals surface area (Å²) < 4.78 is 10.1. The highest BCUT2D eigenvalue weighted by Gasteiger charge is 2.04. The second-order valence-corrected chi connectivity index (χ2v) is 3.99. The average molecular weight is 231 g/mol. The van der Waals surface area contributed by atoms with Gasteiger partial charge in [-0.15, -0.1) is 0 Å². The molecule has 0 rings (SSSR count). The van der Waals surface area contributed by atoms with E-state index in [4.69, 9.17) is 9.47 Å². The lowest BCUT2D eigenvalue weighted by atomic mass is 10.2. The maximum atomic E-state index is 10.8. The summed E-state index contributed by atoms with van der Waals surface area (Å²) in [7, 11) is 3.43. The van der Waals surface area contributed by atoms with Crippen molar-refractivity contribution in [2.45, 2.75) is 26.2 Å². The molecule has 0 saturated carbocycles. The third kappa shape index (κ3) is 10.1.